The Morgan fingerprint density at radius 3 is 2.54 bits per heavy atom. The average molecular weight is 378 g/mol. The lowest BCUT2D eigenvalue weighted by atomic mass is 10.1. The van der Waals surface area contributed by atoms with Crippen LogP contribution in [0.3, 0.4) is 0 Å². The van der Waals surface area contributed by atoms with Gasteiger partial charge in [-0.25, -0.2) is 9.97 Å². The molecule has 4 aromatic rings. The van der Waals surface area contributed by atoms with Gasteiger partial charge in [0.05, 0.1) is 13.4 Å². The Morgan fingerprint density at radius 2 is 1.89 bits per heavy atom. The summed E-state index contributed by atoms with van der Waals surface area (Å²) in [5.74, 6) is 1.12. The van der Waals surface area contributed by atoms with Gasteiger partial charge in [-0.05, 0) is 38.1 Å². The number of aromatic nitrogens is 4. The van der Waals surface area contributed by atoms with Gasteiger partial charge in [-0.2, -0.15) is 0 Å². The quantitative estimate of drug-likeness (QED) is 0.501. The smallest absolute Gasteiger partial charge is 0.227 e. The minimum Gasteiger partial charge on any atom is -0.501 e. The van der Waals surface area contributed by atoms with E-state index in [1.165, 1.54) is 6.07 Å². The highest BCUT2D eigenvalue weighted by molar-refractivity contribution is 5.81. The van der Waals surface area contributed by atoms with Crippen LogP contribution in [0.4, 0.5) is 0 Å². The van der Waals surface area contributed by atoms with Crippen molar-refractivity contribution in [3.63, 3.8) is 0 Å². The highest BCUT2D eigenvalue weighted by Gasteiger charge is 2.23. The van der Waals surface area contributed by atoms with E-state index in [2.05, 4.69) is 19.9 Å². The molecule has 0 aliphatic rings. The lowest BCUT2D eigenvalue weighted by molar-refractivity contribution is 0.415. The van der Waals surface area contributed by atoms with Crippen LogP contribution in [-0.4, -0.2) is 32.2 Å². The Hall–Kier alpha value is -3.81. The summed E-state index contributed by atoms with van der Waals surface area (Å²) in [5, 5.41) is 10.3. The summed E-state index contributed by atoms with van der Waals surface area (Å²) >= 11 is 0. The molecule has 0 aliphatic heterocycles. The van der Waals surface area contributed by atoms with E-state index < -0.39 is 11.2 Å². The molecule has 0 saturated carbocycles. The number of hydrogen-bond donors (Lipinski definition) is 3. The predicted molar refractivity (Wildman–Crippen MR) is 103 cm³/mol. The number of nitrogens with zero attached hydrogens (tertiary/aromatic N) is 2. The number of methoxy groups -OCH3 is 1. The van der Waals surface area contributed by atoms with Crippen LogP contribution in [0.25, 0.3) is 34.2 Å². The Bertz CT molecular complexity index is 1200. The second-order valence-electron chi connectivity index (χ2n) is 6.31. The van der Waals surface area contributed by atoms with Gasteiger partial charge in [-0.1, -0.05) is 0 Å². The third kappa shape index (κ3) is 2.94. The van der Waals surface area contributed by atoms with Crippen molar-refractivity contribution in [2.45, 2.75) is 13.8 Å². The number of H-pyrrole nitrogens is 2. The van der Waals surface area contributed by atoms with Crippen molar-refractivity contribution in [3.05, 3.63) is 58.3 Å². The molecule has 0 aliphatic carbocycles. The van der Waals surface area contributed by atoms with Crippen molar-refractivity contribution >= 4 is 0 Å². The molecule has 0 unspecified atom stereocenters. The molecule has 0 bridgehead atoms. The number of imidazole rings is 2. The van der Waals surface area contributed by atoms with Gasteiger partial charge >= 0.3 is 0 Å². The van der Waals surface area contributed by atoms with Gasteiger partial charge in [0, 0.05) is 17.3 Å². The molecule has 4 rings (SSSR count). The molecule has 1 aromatic carbocycles. The largest absolute Gasteiger partial charge is 0.501 e. The van der Waals surface area contributed by atoms with Crippen molar-refractivity contribution in [1.29, 1.82) is 0 Å². The zero-order valence-electron chi connectivity index (χ0n) is 15.5. The normalized spacial score (nSPS) is 11.0. The average Bonchev–Trinajstić information content (AvgIpc) is 3.31. The first-order chi connectivity index (χ1) is 13.5. The van der Waals surface area contributed by atoms with E-state index in [-0.39, 0.29) is 5.76 Å². The van der Waals surface area contributed by atoms with E-state index in [1.807, 2.05) is 19.1 Å². The summed E-state index contributed by atoms with van der Waals surface area (Å²) in [6.45, 7) is 3.52. The molecule has 0 radical (unpaired) electrons. The lowest BCUT2D eigenvalue weighted by Crippen LogP contribution is -2.01. The number of benzene rings is 1. The highest BCUT2D eigenvalue weighted by Crippen LogP contribution is 2.36. The van der Waals surface area contributed by atoms with Crippen LogP contribution in [0.15, 0.2) is 45.9 Å². The van der Waals surface area contributed by atoms with Gasteiger partial charge < -0.3 is 24.2 Å². The fraction of sp³-hybridized carbons (Fsp3) is 0.150. The predicted octanol–water partition coefficient (Wildman–Crippen LogP) is 3.42. The zero-order chi connectivity index (χ0) is 19.8. The summed E-state index contributed by atoms with van der Waals surface area (Å²) in [7, 11) is 1.59. The first kappa shape index (κ1) is 17.6. The van der Waals surface area contributed by atoms with Crippen molar-refractivity contribution in [1.82, 2.24) is 19.9 Å². The molecular formula is C20H18N4O4. The number of aromatic hydroxyl groups is 1. The SMILES string of the molecule is COc1ccc(-c2nc(-c3nc[nH]c3C)[nH]c2-c2oc(C)cc(=O)c2O)cc1. The summed E-state index contributed by atoms with van der Waals surface area (Å²) in [4.78, 5) is 27.2. The first-order valence-corrected chi connectivity index (χ1v) is 8.56. The molecule has 0 amide bonds. The summed E-state index contributed by atoms with van der Waals surface area (Å²) in [6.07, 6.45) is 1.57. The summed E-state index contributed by atoms with van der Waals surface area (Å²) < 4.78 is 10.9. The minimum absolute atomic E-state index is 0.0303. The van der Waals surface area contributed by atoms with Crippen molar-refractivity contribution < 1.29 is 14.3 Å². The molecule has 0 spiro atoms. The van der Waals surface area contributed by atoms with E-state index in [9.17, 15) is 9.90 Å². The lowest BCUT2D eigenvalue weighted by Gasteiger charge is -2.06. The van der Waals surface area contributed by atoms with Gasteiger partial charge in [-0.15, -0.1) is 0 Å². The van der Waals surface area contributed by atoms with Crippen molar-refractivity contribution in [2.75, 3.05) is 7.11 Å². The standard InChI is InChI=1S/C20H18N4O4/c1-10-8-14(25)18(26)19(28-10)17-16(12-4-6-13(27-3)7-5-12)23-20(24-17)15-11(2)21-9-22-15/h4-9,26H,1-3H3,(H,21,22)(H,23,24). The number of aromatic amines is 2. The maximum Gasteiger partial charge on any atom is 0.227 e. The monoisotopic (exact) mass is 378 g/mol. The van der Waals surface area contributed by atoms with E-state index >= 15 is 0 Å². The second-order valence-corrected chi connectivity index (χ2v) is 6.31. The fourth-order valence-electron chi connectivity index (χ4n) is 2.98. The number of hydrogen-bond acceptors (Lipinski definition) is 6. The molecular weight excluding hydrogens is 360 g/mol. The van der Waals surface area contributed by atoms with Crippen LogP contribution in [0.2, 0.25) is 0 Å². The van der Waals surface area contributed by atoms with Crippen LogP contribution in [0, 0.1) is 13.8 Å². The minimum atomic E-state index is -0.522. The molecule has 142 valence electrons. The number of ether oxygens (including phenoxy) is 1. The maximum absolute atomic E-state index is 12.1. The van der Waals surface area contributed by atoms with Crippen LogP contribution < -0.4 is 10.2 Å². The Balaban J connectivity index is 1.97. The van der Waals surface area contributed by atoms with E-state index in [4.69, 9.17) is 9.15 Å². The number of rotatable bonds is 4. The molecule has 3 aromatic heterocycles. The van der Waals surface area contributed by atoms with Crippen LogP contribution >= 0.6 is 0 Å². The molecule has 28 heavy (non-hydrogen) atoms. The van der Waals surface area contributed by atoms with Gasteiger partial charge in [0.15, 0.2) is 11.6 Å². The van der Waals surface area contributed by atoms with Gasteiger partial charge in [-0.3, -0.25) is 4.79 Å². The van der Waals surface area contributed by atoms with Crippen LogP contribution in [-0.2, 0) is 0 Å². The topological polar surface area (TPSA) is 117 Å². The first-order valence-electron chi connectivity index (χ1n) is 8.56. The summed E-state index contributed by atoms with van der Waals surface area (Å²) in [6, 6.07) is 8.52. The van der Waals surface area contributed by atoms with Gasteiger partial charge in [0.2, 0.25) is 11.2 Å². The second kappa shape index (κ2) is 6.73. The van der Waals surface area contributed by atoms with Crippen molar-refractivity contribution in [3.8, 4) is 45.7 Å². The Morgan fingerprint density at radius 1 is 1.14 bits per heavy atom. The number of nitrogens with one attached hydrogen (secondary N) is 2. The van der Waals surface area contributed by atoms with Crippen molar-refractivity contribution in [2.24, 2.45) is 0 Å². The molecule has 0 saturated heterocycles. The molecule has 3 N–H and O–H groups in total. The van der Waals surface area contributed by atoms with E-state index in [0.717, 1.165) is 11.3 Å². The molecule has 0 atom stereocenters. The zero-order valence-corrected chi connectivity index (χ0v) is 15.5. The van der Waals surface area contributed by atoms with Crippen LogP contribution in [0.1, 0.15) is 11.5 Å². The van der Waals surface area contributed by atoms with E-state index in [0.29, 0.717) is 34.4 Å². The highest BCUT2D eigenvalue weighted by atomic mass is 16.5. The Kier molecular flexibility index (Phi) is 4.23. The third-order valence-corrected chi connectivity index (χ3v) is 4.39. The maximum atomic E-state index is 12.1. The summed E-state index contributed by atoms with van der Waals surface area (Å²) in [5.41, 5.74) is 2.61. The van der Waals surface area contributed by atoms with Crippen LogP contribution in [0.5, 0.6) is 11.5 Å². The van der Waals surface area contributed by atoms with E-state index in [1.54, 1.807) is 32.5 Å². The molecule has 3 heterocycles. The number of aryl methyl sites for hydroxylation is 2. The molecule has 0 fully saturated rings. The Labute approximate surface area is 159 Å². The third-order valence-electron chi connectivity index (χ3n) is 4.39. The molecule has 8 heteroatoms. The van der Waals surface area contributed by atoms with Gasteiger partial charge in [0.1, 0.15) is 28.6 Å². The van der Waals surface area contributed by atoms with Gasteiger partial charge in [0.25, 0.3) is 0 Å². The fourth-order valence-corrected chi connectivity index (χ4v) is 2.98. The molecule has 8 nitrogen and oxygen atoms in total.